The first-order valence-corrected chi connectivity index (χ1v) is 5.63. The van der Waals surface area contributed by atoms with Gasteiger partial charge in [-0.15, -0.1) is 0 Å². The van der Waals surface area contributed by atoms with Gasteiger partial charge in [-0.25, -0.2) is 9.78 Å². The number of carboxylic acid groups (broad SMARTS) is 1. The molecule has 5 nitrogen and oxygen atoms in total. The van der Waals surface area contributed by atoms with Gasteiger partial charge < -0.3 is 14.7 Å². The van der Waals surface area contributed by atoms with Crippen molar-refractivity contribution in [2.75, 3.05) is 18.6 Å². The molecular weight excluding hydrogens is 220 g/mol. The molecule has 5 heteroatoms. The lowest BCUT2D eigenvalue weighted by molar-refractivity contribution is 0.0696. The Kier molecular flexibility index (Phi) is 3.28. The number of carboxylic acids is 1. The first kappa shape index (κ1) is 11.9. The van der Waals surface area contributed by atoms with Crippen LogP contribution in [0.15, 0.2) is 12.3 Å². The molecule has 0 spiro atoms. The van der Waals surface area contributed by atoms with Crippen molar-refractivity contribution in [1.82, 2.24) is 4.98 Å². The number of aromatic carboxylic acids is 1. The van der Waals surface area contributed by atoms with Crippen LogP contribution < -0.4 is 4.90 Å². The Morgan fingerprint density at radius 1 is 1.65 bits per heavy atom. The number of pyridine rings is 1. The molecule has 1 saturated heterocycles. The van der Waals surface area contributed by atoms with Gasteiger partial charge in [-0.1, -0.05) is 0 Å². The third-order valence-corrected chi connectivity index (χ3v) is 3.04. The van der Waals surface area contributed by atoms with E-state index >= 15 is 0 Å². The number of hydrogen-bond acceptors (Lipinski definition) is 4. The average Bonchev–Trinajstić information content (AvgIpc) is 2.76. The maximum Gasteiger partial charge on any atom is 0.337 e. The van der Waals surface area contributed by atoms with Gasteiger partial charge >= 0.3 is 5.97 Å². The van der Waals surface area contributed by atoms with E-state index in [1.54, 1.807) is 13.2 Å². The highest BCUT2D eigenvalue weighted by Crippen LogP contribution is 2.27. The number of ether oxygens (including phenoxy) is 1. The van der Waals surface area contributed by atoms with Crippen molar-refractivity contribution in [3.8, 4) is 0 Å². The standard InChI is InChI=1S/C12H16N2O3/c1-8-6-9(12(15)16)7-13-11(8)14-5-3-4-10(14)17-2/h6-7,10H,3-5H2,1-2H3,(H,15,16). The fraction of sp³-hybridized carbons (Fsp3) is 0.500. The summed E-state index contributed by atoms with van der Waals surface area (Å²) in [5.41, 5.74) is 1.09. The molecule has 0 radical (unpaired) electrons. The summed E-state index contributed by atoms with van der Waals surface area (Å²) in [6.07, 6.45) is 3.51. The van der Waals surface area contributed by atoms with Crippen molar-refractivity contribution in [3.63, 3.8) is 0 Å². The van der Waals surface area contributed by atoms with E-state index in [1.165, 1.54) is 6.20 Å². The molecule has 0 aliphatic carbocycles. The average molecular weight is 236 g/mol. The van der Waals surface area contributed by atoms with E-state index in [0.717, 1.165) is 30.8 Å². The van der Waals surface area contributed by atoms with E-state index in [0.29, 0.717) is 0 Å². The normalized spacial score (nSPS) is 19.6. The van der Waals surface area contributed by atoms with Crippen LogP contribution in [0.1, 0.15) is 28.8 Å². The van der Waals surface area contributed by atoms with Crippen LogP contribution in [0.2, 0.25) is 0 Å². The number of aryl methyl sites for hydroxylation is 1. The van der Waals surface area contributed by atoms with Gasteiger partial charge in [0.2, 0.25) is 0 Å². The highest BCUT2D eigenvalue weighted by atomic mass is 16.5. The monoisotopic (exact) mass is 236 g/mol. The lowest BCUT2D eigenvalue weighted by Gasteiger charge is -2.25. The SMILES string of the molecule is COC1CCCN1c1ncc(C(=O)O)cc1C. The topological polar surface area (TPSA) is 62.7 Å². The van der Waals surface area contributed by atoms with Gasteiger partial charge in [-0.2, -0.15) is 0 Å². The van der Waals surface area contributed by atoms with Gasteiger partial charge in [0.05, 0.1) is 5.56 Å². The molecule has 0 saturated carbocycles. The molecule has 1 atom stereocenters. The number of aromatic nitrogens is 1. The number of nitrogens with zero attached hydrogens (tertiary/aromatic N) is 2. The van der Waals surface area contributed by atoms with Crippen molar-refractivity contribution in [3.05, 3.63) is 23.4 Å². The quantitative estimate of drug-likeness (QED) is 0.864. The molecule has 92 valence electrons. The predicted molar refractivity (Wildman–Crippen MR) is 63.3 cm³/mol. The van der Waals surface area contributed by atoms with Crippen LogP contribution in [0.3, 0.4) is 0 Å². The zero-order valence-electron chi connectivity index (χ0n) is 10.0. The van der Waals surface area contributed by atoms with Crippen LogP contribution in [0, 0.1) is 6.92 Å². The van der Waals surface area contributed by atoms with E-state index in [2.05, 4.69) is 9.88 Å². The summed E-state index contributed by atoms with van der Waals surface area (Å²) in [4.78, 5) is 17.2. The second kappa shape index (κ2) is 4.71. The van der Waals surface area contributed by atoms with Crippen LogP contribution in [0.25, 0.3) is 0 Å². The zero-order valence-corrected chi connectivity index (χ0v) is 10.0. The van der Waals surface area contributed by atoms with Crippen molar-refractivity contribution >= 4 is 11.8 Å². The molecule has 1 N–H and O–H groups in total. The molecule has 2 rings (SSSR count). The first-order valence-electron chi connectivity index (χ1n) is 5.63. The molecule has 1 aromatic heterocycles. The Morgan fingerprint density at radius 3 is 3.00 bits per heavy atom. The smallest absolute Gasteiger partial charge is 0.337 e. The van der Waals surface area contributed by atoms with Gasteiger partial charge in [0.25, 0.3) is 0 Å². The molecule has 1 unspecified atom stereocenters. The summed E-state index contributed by atoms with van der Waals surface area (Å²) >= 11 is 0. The zero-order chi connectivity index (χ0) is 12.4. The maximum atomic E-state index is 10.8. The second-order valence-electron chi connectivity index (χ2n) is 4.20. The number of carbonyl (C=O) groups is 1. The fourth-order valence-corrected chi connectivity index (χ4v) is 2.21. The number of methoxy groups -OCH3 is 1. The number of anilines is 1. The van der Waals surface area contributed by atoms with Crippen LogP contribution in [0.4, 0.5) is 5.82 Å². The Balaban J connectivity index is 2.30. The van der Waals surface area contributed by atoms with Gasteiger partial charge in [0.1, 0.15) is 12.0 Å². The highest BCUT2D eigenvalue weighted by molar-refractivity contribution is 5.87. The van der Waals surface area contributed by atoms with Crippen molar-refractivity contribution in [1.29, 1.82) is 0 Å². The lowest BCUT2D eigenvalue weighted by atomic mass is 10.2. The van der Waals surface area contributed by atoms with Crippen LogP contribution in [0.5, 0.6) is 0 Å². The van der Waals surface area contributed by atoms with Crippen molar-refractivity contribution in [2.45, 2.75) is 26.0 Å². The molecule has 0 bridgehead atoms. The third-order valence-electron chi connectivity index (χ3n) is 3.04. The highest BCUT2D eigenvalue weighted by Gasteiger charge is 2.26. The van der Waals surface area contributed by atoms with Gasteiger partial charge in [-0.05, 0) is 31.4 Å². The molecule has 1 aliphatic heterocycles. The van der Waals surface area contributed by atoms with Gasteiger partial charge in [0, 0.05) is 19.9 Å². The lowest BCUT2D eigenvalue weighted by Crippen LogP contribution is -2.32. The van der Waals surface area contributed by atoms with E-state index in [4.69, 9.17) is 9.84 Å². The minimum Gasteiger partial charge on any atom is -0.478 e. The van der Waals surface area contributed by atoms with E-state index in [-0.39, 0.29) is 11.8 Å². The van der Waals surface area contributed by atoms with Crippen LogP contribution >= 0.6 is 0 Å². The van der Waals surface area contributed by atoms with Gasteiger partial charge in [-0.3, -0.25) is 0 Å². The number of rotatable bonds is 3. The van der Waals surface area contributed by atoms with E-state index < -0.39 is 5.97 Å². The summed E-state index contributed by atoms with van der Waals surface area (Å²) < 4.78 is 5.38. The largest absolute Gasteiger partial charge is 0.478 e. The Bertz CT molecular complexity index is 434. The summed E-state index contributed by atoms with van der Waals surface area (Å²) in [5.74, 6) is -0.129. The van der Waals surface area contributed by atoms with Gasteiger partial charge in [0.15, 0.2) is 0 Å². The fourth-order valence-electron chi connectivity index (χ4n) is 2.21. The predicted octanol–water partition coefficient (Wildman–Crippen LogP) is 1.66. The summed E-state index contributed by atoms with van der Waals surface area (Å²) in [6.45, 7) is 2.78. The third kappa shape index (κ3) is 2.24. The number of hydrogen-bond donors (Lipinski definition) is 1. The molecule has 0 aromatic carbocycles. The summed E-state index contributed by atoms with van der Waals surface area (Å²) in [6, 6.07) is 1.65. The molecule has 17 heavy (non-hydrogen) atoms. The Morgan fingerprint density at radius 2 is 2.41 bits per heavy atom. The van der Waals surface area contributed by atoms with Crippen molar-refractivity contribution < 1.29 is 14.6 Å². The van der Waals surface area contributed by atoms with Crippen LogP contribution in [-0.2, 0) is 4.74 Å². The minimum atomic E-state index is -0.947. The summed E-state index contributed by atoms with van der Waals surface area (Å²) in [7, 11) is 1.68. The summed E-state index contributed by atoms with van der Waals surface area (Å²) in [5, 5.41) is 8.89. The van der Waals surface area contributed by atoms with Crippen molar-refractivity contribution in [2.24, 2.45) is 0 Å². The van der Waals surface area contributed by atoms with E-state index in [1.807, 2.05) is 6.92 Å². The molecule has 2 heterocycles. The van der Waals surface area contributed by atoms with E-state index in [9.17, 15) is 4.79 Å². The maximum absolute atomic E-state index is 10.8. The Hall–Kier alpha value is -1.62. The second-order valence-corrected chi connectivity index (χ2v) is 4.20. The van der Waals surface area contributed by atoms with Crippen LogP contribution in [-0.4, -0.2) is 35.9 Å². The molecule has 0 amide bonds. The molecule has 1 aromatic rings. The Labute approximate surface area is 100 Å². The molecule has 1 aliphatic rings. The molecular formula is C12H16N2O3. The minimum absolute atomic E-state index is 0.0527. The molecule has 1 fully saturated rings. The first-order chi connectivity index (χ1) is 8.13.